The molecule has 1 aromatic heterocycles. The predicted octanol–water partition coefficient (Wildman–Crippen LogP) is 2.88. The molecule has 0 spiro atoms. The van der Waals surface area contributed by atoms with Gasteiger partial charge >= 0.3 is 0 Å². The summed E-state index contributed by atoms with van der Waals surface area (Å²) < 4.78 is 16.2. The Balaban J connectivity index is 1.80. The van der Waals surface area contributed by atoms with Gasteiger partial charge < -0.3 is 19.0 Å². The molecule has 1 saturated heterocycles. The second kappa shape index (κ2) is 4.90. The van der Waals surface area contributed by atoms with Crippen molar-refractivity contribution in [2.45, 2.75) is 18.8 Å². The Hall–Kier alpha value is -1.07. The maximum absolute atomic E-state index is 10.1. The molecule has 0 radical (unpaired) electrons. The van der Waals surface area contributed by atoms with Crippen LogP contribution < -0.4 is 0 Å². The van der Waals surface area contributed by atoms with Crippen molar-refractivity contribution in [3.63, 3.8) is 0 Å². The van der Waals surface area contributed by atoms with E-state index in [2.05, 4.69) is 0 Å². The number of hydrogen-bond acceptors (Lipinski definition) is 4. The highest BCUT2D eigenvalue weighted by Gasteiger charge is 2.23. The monoisotopic (exact) mass is 268 g/mol. The zero-order valence-electron chi connectivity index (χ0n) is 9.64. The van der Waals surface area contributed by atoms with Crippen molar-refractivity contribution in [2.75, 3.05) is 13.2 Å². The highest BCUT2D eigenvalue weighted by atomic mass is 35.5. The maximum Gasteiger partial charge on any atom is 0.160 e. The van der Waals surface area contributed by atoms with Gasteiger partial charge in [-0.15, -0.1) is 0 Å². The Morgan fingerprint density at radius 3 is 2.83 bits per heavy atom. The Labute approximate surface area is 109 Å². The summed E-state index contributed by atoms with van der Waals surface area (Å²) in [4.78, 5) is 0. The van der Waals surface area contributed by atoms with Crippen molar-refractivity contribution in [1.29, 1.82) is 0 Å². The van der Waals surface area contributed by atoms with E-state index in [1.165, 1.54) is 0 Å². The van der Waals surface area contributed by atoms with E-state index in [4.69, 9.17) is 25.5 Å². The fourth-order valence-electron chi connectivity index (χ4n) is 2.04. The van der Waals surface area contributed by atoms with Crippen molar-refractivity contribution in [1.82, 2.24) is 0 Å². The first-order valence-electron chi connectivity index (χ1n) is 5.82. The summed E-state index contributed by atoms with van der Waals surface area (Å²) in [7, 11) is 0. The maximum atomic E-state index is 10.1. The zero-order chi connectivity index (χ0) is 12.5. The van der Waals surface area contributed by atoms with Crippen LogP contribution in [0.5, 0.6) is 0 Å². The molecule has 5 heteroatoms. The van der Waals surface area contributed by atoms with Gasteiger partial charge in [0, 0.05) is 16.8 Å². The number of halogens is 1. The van der Waals surface area contributed by atoms with Crippen molar-refractivity contribution in [2.24, 2.45) is 0 Å². The molecule has 1 aliphatic rings. The molecule has 1 aromatic carbocycles. The fraction of sp³-hybridized carbons (Fsp3) is 0.385. The molecule has 1 aliphatic heterocycles. The van der Waals surface area contributed by atoms with Crippen LogP contribution in [0, 0.1) is 0 Å². The lowest BCUT2D eigenvalue weighted by Gasteiger charge is -2.12. The van der Waals surface area contributed by atoms with Gasteiger partial charge in [-0.3, -0.25) is 0 Å². The van der Waals surface area contributed by atoms with Crippen LogP contribution in [0.15, 0.2) is 28.7 Å². The Bertz CT molecular complexity index is 545. The number of fused-ring (bicyclic) bond motifs is 1. The van der Waals surface area contributed by atoms with Gasteiger partial charge in [0.15, 0.2) is 6.29 Å². The van der Waals surface area contributed by atoms with Gasteiger partial charge in [-0.1, -0.05) is 11.6 Å². The molecule has 0 aliphatic carbocycles. The smallest absolute Gasteiger partial charge is 0.160 e. The standard InChI is InChI=1S/C13H13ClO4/c14-9-1-2-11-8(5-9)6-12(18-11)10(15)7-13-16-3-4-17-13/h1-2,5-6,10,13,15H,3-4,7H2. The van der Waals surface area contributed by atoms with Crippen molar-refractivity contribution in [3.8, 4) is 0 Å². The van der Waals surface area contributed by atoms with E-state index in [-0.39, 0.29) is 6.29 Å². The number of aliphatic hydroxyl groups excluding tert-OH is 1. The molecule has 4 nitrogen and oxygen atoms in total. The molecule has 0 saturated carbocycles. The normalized spacial score (nSPS) is 18.6. The van der Waals surface area contributed by atoms with Gasteiger partial charge in [0.25, 0.3) is 0 Å². The second-order valence-corrected chi connectivity index (χ2v) is 4.69. The molecule has 2 heterocycles. The quantitative estimate of drug-likeness (QED) is 0.930. The Kier molecular flexibility index (Phi) is 3.26. The minimum atomic E-state index is -0.737. The third-order valence-electron chi connectivity index (χ3n) is 2.93. The second-order valence-electron chi connectivity index (χ2n) is 4.25. The van der Waals surface area contributed by atoms with Crippen molar-refractivity contribution >= 4 is 22.6 Å². The molecule has 18 heavy (non-hydrogen) atoms. The largest absolute Gasteiger partial charge is 0.458 e. The van der Waals surface area contributed by atoms with E-state index < -0.39 is 6.10 Å². The molecule has 3 rings (SSSR count). The number of furan rings is 1. The molecular formula is C13H13ClO4. The predicted molar refractivity (Wildman–Crippen MR) is 66.5 cm³/mol. The third-order valence-corrected chi connectivity index (χ3v) is 3.17. The highest BCUT2D eigenvalue weighted by Crippen LogP contribution is 2.29. The minimum absolute atomic E-state index is 0.350. The van der Waals surface area contributed by atoms with Gasteiger partial charge in [-0.25, -0.2) is 0 Å². The van der Waals surface area contributed by atoms with Crippen molar-refractivity contribution < 1.29 is 19.0 Å². The lowest BCUT2D eigenvalue weighted by atomic mass is 10.2. The van der Waals surface area contributed by atoms with E-state index in [1.54, 1.807) is 24.3 Å². The number of hydrogen-bond donors (Lipinski definition) is 1. The molecule has 96 valence electrons. The molecule has 2 aromatic rings. The topological polar surface area (TPSA) is 51.8 Å². The van der Waals surface area contributed by atoms with Crippen LogP contribution in [0.25, 0.3) is 11.0 Å². The van der Waals surface area contributed by atoms with Crippen LogP contribution in [-0.4, -0.2) is 24.6 Å². The fourth-order valence-corrected chi connectivity index (χ4v) is 2.22. The molecule has 1 N–H and O–H groups in total. The number of aliphatic hydroxyl groups is 1. The van der Waals surface area contributed by atoms with Crippen LogP contribution in [0.1, 0.15) is 18.3 Å². The summed E-state index contributed by atoms with van der Waals surface area (Å²) in [5.74, 6) is 0.506. The lowest BCUT2D eigenvalue weighted by Crippen LogP contribution is -2.12. The van der Waals surface area contributed by atoms with Gasteiger partial charge in [0.05, 0.1) is 13.2 Å². The molecule has 0 bridgehead atoms. The Morgan fingerprint density at radius 1 is 1.28 bits per heavy atom. The summed E-state index contributed by atoms with van der Waals surface area (Å²) >= 11 is 5.90. The average Bonchev–Trinajstić information content (AvgIpc) is 2.96. The Morgan fingerprint density at radius 2 is 2.06 bits per heavy atom. The lowest BCUT2D eigenvalue weighted by molar-refractivity contribution is -0.0734. The molecule has 0 amide bonds. The summed E-state index contributed by atoms with van der Waals surface area (Å²) in [6.07, 6.45) is -0.718. The molecular weight excluding hydrogens is 256 g/mol. The summed E-state index contributed by atoms with van der Waals surface area (Å²) in [6, 6.07) is 7.14. The summed E-state index contributed by atoms with van der Waals surface area (Å²) in [5.41, 5.74) is 0.710. The van der Waals surface area contributed by atoms with Gasteiger partial charge in [-0.2, -0.15) is 0 Å². The van der Waals surface area contributed by atoms with Crippen LogP contribution in [0.4, 0.5) is 0 Å². The molecule has 1 unspecified atom stereocenters. The van der Waals surface area contributed by atoms with Crippen LogP contribution in [-0.2, 0) is 9.47 Å². The molecule has 1 fully saturated rings. The summed E-state index contributed by atoms with van der Waals surface area (Å²) in [6.45, 7) is 1.15. The van der Waals surface area contributed by atoms with Crippen LogP contribution in [0.2, 0.25) is 5.02 Å². The first-order chi connectivity index (χ1) is 8.72. The van der Waals surface area contributed by atoms with E-state index in [0.717, 1.165) is 5.39 Å². The first-order valence-corrected chi connectivity index (χ1v) is 6.20. The summed E-state index contributed by atoms with van der Waals surface area (Å²) in [5, 5.41) is 11.6. The van der Waals surface area contributed by atoms with E-state index >= 15 is 0 Å². The first kappa shape index (κ1) is 12.0. The highest BCUT2D eigenvalue weighted by molar-refractivity contribution is 6.31. The number of ether oxygens (including phenoxy) is 2. The third kappa shape index (κ3) is 2.37. The van der Waals surface area contributed by atoms with E-state index in [1.807, 2.05) is 0 Å². The number of benzene rings is 1. The number of rotatable bonds is 3. The SMILES string of the molecule is OC(CC1OCCO1)c1cc2cc(Cl)ccc2o1. The molecule has 1 atom stereocenters. The van der Waals surface area contributed by atoms with E-state index in [0.29, 0.717) is 36.0 Å². The van der Waals surface area contributed by atoms with Gasteiger partial charge in [0.2, 0.25) is 0 Å². The van der Waals surface area contributed by atoms with Crippen LogP contribution >= 0.6 is 11.6 Å². The van der Waals surface area contributed by atoms with Crippen molar-refractivity contribution in [3.05, 3.63) is 35.0 Å². The van der Waals surface area contributed by atoms with E-state index in [9.17, 15) is 5.11 Å². The van der Waals surface area contributed by atoms with Gasteiger partial charge in [-0.05, 0) is 24.3 Å². The zero-order valence-corrected chi connectivity index (χ0v) is 10.4. The minimum Gasteiger partial charge on any atom is -0.458 e. The van der Waals surface area contributed by atoms with Crippen LogP contribution in [0.3, 0.4) is 0 Å². The van der Waals surface area contributed by atoms with Gasteiger partial charge in [0.1, 0.15) is 17.4 Å². The average molecular weight is 269 g/mol.